The lowest BCUT2D eigenvalue weighted by atomic mass is 10.1. The molecule has 1 amide bonds. The summed E-state index contributed by atoms with van der Waals surface area (Å²) in [5, 5.41) is 3.60. The van der Waals surface area contributed by atoms with Crippen molar-refractivity contribution in [1.82, 2.24) is 15.0 Å². The van der Waals surface area contributed by atoms with Gasteiger partial charge in [0.15, 0.2) is 0 Å². The zero-order valence-corrected chi connectivity index (χ0v) is 16.4. The number of pyridine rings is 1. The third-order valence-electron chi connectivity index (χ3n) is 4.59. The maximum atomic E-state index is 12.0. The molecule has 0 saturated heterocycles. The molecule has 8 heteroatoms. The van der Waals surface area contributed by atoms with E-state index in [2.05, 4.69) is 15.0 Å². The number of aromatic amines is 1. The van der Waals surface area contributed by atoms with Crippen molar-refractivity contribution in [1.29, 1.82) is 0 Å². The van der Waals surface area contributed by atoms with Gasteiger partial charge in [0, 0.05) is 23.2 Å². The average molecular weight is 401 g/mol. The summed E-state index contributed by atoms with van der Waals surface area (Å²) in [6.45, 7) is 1.60. The van der Waals surface area contributed by atoms with Crippen LogP contribution in [0.5, 0.6) is 0 Å². The van der Waals surface area contributed by atoms with Crippen LogP contribution in [0.4, 0.5) is 0 Å². The molecular formula is C20H23N3O4S. The average Bonchev–Trinajstić information content (AvgIpc) is 3.11. The first-order chi connectivity index (χ1) is 13.3. The number of carbonyl (C=O) groups is 1. The van der Waals surface area contributed by atoms with E-state index in [1.807, 2.05) is 37.3 Å². The maximum absolute atomic E-state index is 12.0. The second-order valence-corrected chi connectivity index (χ2v) is 8.49. The predicted molar refractivity (Wildman–Crippen MR) is 108 cm³/mol. The second-order valence-electron chi connectivity index (χ2n) is 6.84. The van der Waals surface area contributed by atoms with Crippen LogP contribution in [0.15, 0.2) is 40.5 Å². The number of H-pyrrole nitrogens is 1. The number of nitrogens with one attached hydrogen (secondary N) is 3. The number of amides is 1. The van der Waals surface area contributed by atoms with Crippen molar-refractivity contribution in [3.05, 3.63) is 74.0 Å². The van der Waals surface area contributed by atoms with E-state index < -0.39 is 22.5 Å². The number of sulfonamides is 1. The number of aromatic nitrogens is 1. The first kappa shape index (κ1) is 20.0. The van der Waals surface area contributed by atoms with Crippen LogP contribution in [-0.2, 0) is 34.2 Å². The number of fused-ring (bicyclic) bond motifs is 1. The van der Waals surface area contributed by atoms with Crippen molar-refractivity contribution in [2.24, 2.45) is 0 Å². The van der Waals surface area contributed by atoms with Crippen LogP contribution in [0, 0.1) is 6.92 Å². The van der Waals surface area contributed by atoms with Crippen LogP contribution >= 0.6 is 0 Å². The molecule has 3 rings (SSSR count). The highest BCUT2D eigenvalue weighted by molar-refractivity contribution is 7.92. The number of carbonyl (C=O) groups excluding carboxylic acids is 1. The van der Waals surface area contributed by atoms with Crippen LogP contribution < -0.4 is 15.6 Å². The van der Waals surface area contributed by atoms with Crippen molar-refractivity contribution >= 4 is 22.0 Å². The highest BCUT2D eigenvalue weighted by atomic mass is 32.2. The molecule has 0 spiro atoms. The fourth-order valence-corrected chi connectivity index (χ4v) is 3.77. The van der Waals surface area contributed by atoms with Crippen molar-refractivity contribution in [2.45, 2.75) is 32.7 Å². The van der Waals surface area contributed by atoms with Gasteiger partial charge >= 0.3 is 0 Å². The van der Waals surface area contributed by atoms with Crippen LogP contribution in [0.1, 0.15) is 34.4 Å². The van der Waals surface area contributed by atoms with Gasteiger partial charge in [0.2, 0.25) is 15.9 Å². The summed E-state index contributed by atoms with van der Waals surface area (Å²) in [4.78, 5) is 26.8. The second kappa shape index (κ2) is 8.53. The summed E-state index contributed by atoms with van der Waals surface area (Å²) < 4.78 is 26.2. The van der Waals surface area contributed by atoms with Crippen molar-refractivity contribution in [2.75, 3.05) is 6.54 Å². The standard InChI is InChI=1S/C20H23N3O4S/c1-14-5-7-15(8-6-14)9-10-28(26,27)22-13-19(24)21-12-17-11-16-3-2-4-18(16)23-20(17)25/h5-11,22H,2-4,12-13H2,1H3,(H,21,24)(H,23,25)/b10-9+. The Labute approximate surface area is 163 Å². The Morgan fingerprint density at radius 3 is 2.71 bits per heavy atom. The highest BCUT2D eigenvalue weighted by Gasteiger charge is 2.15. The van der Waals surface area contributed by atoms with Gasteiger partial charge in [0.1, 0.15) is 0 Å². The molecule has 0 atom stereocenters. The summed E-state index contributed by atoms with van der Waals surface area (Å²) in [7, 11) is -3.74. The zero-order chi connectivity index (χ0) is 20.1. The third-order valence-corrected chi connectivity index (χ3v) is 5.63. The van der Waals surface area contributed by atoms with Crippen molar-refractivity contribution in [3.63, 3.8) is 0 Å². The monoisotopic (exact) mass is 401 g/mol. The lowest BCUT2D eigenvalue weighted by molar-refractivity contribution is -0.120. The Balaban J connectivity index is 1.51. The molecular weight excluding hydrogens is 378 g/mol. The van der Waals surface area contributed by atoms with Gasteiger partial charge in [-0.1, -0.05) is 29.8 Å². The molecule has 2 aromatic rings. The van der Waals surface area contributed by atoms with E-state index in [1.165, 1.54) is 6.08 Å². The Morgan fingerprint density at radius 1 is 1.21 bits per heavy atom. The Morgan fingerprint density at radius 2 is 1.96 bits per heavy atom. The van der Waals surface area contributed by atoms with Crippen LogP contribution in [-0.4, -0.2) is 25.9 Å². The van der Waals surface area contributed by atoms with Gasteiger partial charge in [0.25, 0.3) is 5.56 Å². The van der Waals surface area contributed by atoms with Gasteiger partial charge < -0.3 is 10.3 Å². The Bertz CT molecular complexity index is 1050. The normalized spacial score (nSPS) is 13.6. The minimum atomic E-state index is -3.74. The lowest BCUT2D eigenvalue weighted by Gasteiger charge is -2.07. The molecule has 1 heterocycles. The lowest BCUT2D eigenvalue weighted by Crippen LogP contribution is -2.36. The minimum absolute atomic E-state index is 0.0579. The first-order valence-electron chi connectivity index (χ1n) is 9.07. The van der Waals surface area contributed by atoms with Gasteiger partial charge in [0.05, 0.1) is 6.54 Å². The van der Waals surface area contributed by atoms with Crippen molar-refractivity contribution in [3.8, 4) is 0 Å². The van der Waals surface area contributed by atoms with Crippen LogP contribution in [0.2, 0.25) is 0 Å². The largest absolute Gasteiger partial charge is 0.351 e. The Kier molecular flexibility index (Phi) is 6.11. The molecule has 0 radical (unpaired) electrons. The summed E-state index contributed by atoms with van der Waals surface area (Å²) in [6.07, 6.45) is 4.26. The quantitative estimate of drug-likeness (QED) is 0.651. The first-order valence-corrected chi connectivity index (χ1v) is 10.6. The number of benzene rings is 1. The van der Waals surface area contributed by atoms with E-state index in [4.69, 9.17) is 0 Å². The molecule has 148 valence electrons. The third kappa shape index (κ3) is 5.40. The van der Waals surface area contributed by atoms with Gasteiger partial charge in [-0.15, -0.1) is 0 Å². The number of aryl methyl sites for hydroxylation is 3. The van der Waals surface area contributed by atoms with Gasteiger partial charge in [-0.3, -0.25) is 9.59 Å². The molecule has 0 bridgehead atoms. The summed E-state index contributed by atoms with van der Waals surface area (Å²) in [5.41, 5.74) is 4.14. The fourth-order valence-electron chi connectivity index (χ4n) is 3.01. The number of hydrogen-bond acceptors (Lipinski definition) is 4. The zero-order valence-electron chi connectivity index (χ0n) is 15.6. The SMILES string of the molecule is Cc1ccc(/C=C/S(=O)(=O)NCC(=O)NCc2cc3c([nH]c2=O)CCC3)cc1. The van der Waals surface area contributed by atoms with Gasteiger partial charge in [-0.2, -0.15) is 0 Å². The fraction of sp³-hybridized carbons (Fsp3) is 0.300. The number of rotatable bonds is 7. The summed E-state index contributed by atoms with van der Waals surface area (Å²) in [5.74, 6) is -0.507. The molecule has 1 aromatic heterocycles. The maximum Gasteiger partial charge on any atom is 0.253 e. The smallest absolute Gasteiger partial charge is 0.253 e. The molecule has 28 heavy (non-hydrogen) atoms. The van der Waals surface area contributed by atoms with Crippen molar-refractivity contribution < 1.29 is 13.2 Å². The van der Waals surface area contributed by atoms with E-state index in [0.29, 0.717) is 5.56 Å². The van der Waals surface area contributed by atoms with Gasteiger partial charge in [-0.25, -0.2) is 13.1 Å². The molecule has 1 aliphatic rings. The van der Waals surface area contributed by atoms with E-state index in [9.17, 15) is 18.0 Å². The molecule has 0 saturated carbocycles. The number of hydrogen-bond donors (Lipinski definition) is 3. The molecule has 0 unspecified atom stereocenters. The molecule has 0 aliphatic heterocycles. The molecule has 1 aliphatic carbocycles. The summed E-state index contributed by atoms with van der Waals surface area (Å²) in [6, 6.07) is 9.20. The van der Waals surface area contributed by atoms with E-state index >= 15 is 0 Å². The van der Waals surface area contributed by atoms with Crippen LogP contribution in [0.3, 0.4) is 0 Å². The van der Waals surface area contributed by atoms with E-state index in [0.717, 1.165) is 47.1 Å². The van der Waals surface area contributed by atoms with E-state index in [-0.39, 0.29) is 12.1 Å². The van der Waals surface area contributed by atoms with Gasteiger partial charge in [-0.05, 0) is 49.5 Å². The minimum Gasteiger partial charge on any atom is -0.351 e. The summed E-state index contributed by atoms with van der Waals surface area (Å²) >= 11 is 0. The topological polar surface area (TPSA) is 108 Å². The molecule has 3 N–H and O–H groups in total. The van der Waals surface area contributed by atoms with Crippen LogP contribution in [0.25, 0.3) is 6.08 Å². The highest BCUT2D eigenvalue weighted by Crippen LogP contribution is 2.18. The molecule has 1 aromatic carbocycles. The van der Waals surface area contributed by atoms with E-state index in [1.54, 1.807) is 0 Å². The molecule has 0 fully saturated rings. The Hall–Kier alpha value is -2.71. The molecule has 7 nitrogen and oxygen atoms in total. The predicted octanol–water partition coefficient (Wildman–Crippen LogP) is 1.38.